The molecule has 0 aromatic heterocycles. The van der Waals surface area contributed by atoms with Crippen LogP contribution in [0.3, 0.4) is 0 Å². The maximum absolute atomic E-state index is 12.9. The second-order valence-corrected chi connectivity index (χ2v) is 22.7. The molecule has 0 aromatic rings. The highest BCUT2D eigenvalue weighted by Crippen LogP contribution is 2.18. The van der Waals surface area contributed by atoms with Crippen molar-refractivity contribution in [2.75, 3.05) is 13.2 Å². The van der Waals surface area contributed by atoms with Crippen molar-refractivity contribution in [1.82, 2.24) is 0 Å². The molecular weight excluding hydrogens is 961 g/mol. The third kappa shape index (κ3) is 63.7. The van der Waals surface area contributed by atoms with Crippen LogP contribution in [0.15, 0.2) is 72.9 Å². The number of hydrogen-bond acceptors (Lipinski definition) is 6. The van der Waals surface area contributed by atoms with E-state index in [0.29, 0.717) is 19.3 Å². The standard InChI is InChI=1S/C72H128O6/c1-4-7-10-13-16-19-22-24-26-28-29-30-31-32-33-34-35-36-37-38-39-40-41-42-43-45-46-48-50-53-56-59-62-65-71(74)77-68-69(67-76-70(73)64-61-58-55-52-21-18-15-12-9-6-3)78-72(75)66-63-60-57-54-51-49-47-44-27-25-23-20-17-14-11-8-5-2/h8,11,17,20,22,24-25,27-29,47,49,69H,4-7,9-10,12-16,18-19,21,23,26,30-46,48,50-68H2,1-3H3/b11-8-,20-17-,24-22-,27-25-,29-28-,49-47-. The van der Waals surface area contributed by atoms with Crippen molar-refractivity contribution in [3.05, 3.63) is 72.9 Å². The maximum atomic E-state index is 12.9. The van der Waals surface area contributed by atoms with Gasteiger partial charge in [-0.15, -0.1) is 0 Å². The van der Waals surface area contributed by atoms with Crippen molar-refractivity contribution in [3.63, 3.8) is 0 Å². The Hall–Kier alpha value is -3.15. The van der Waals surface area contributed by atoms with Crippen LogP contribution < -0.4 is 0 Å². The highest BCUT2D eigenvalue weighted by molar-refractivity contribution is 5.71. The Morgan fingerprint density at radius 1 is 0.269 bits per heavy atom. The first kappa shape index (κ1) is 74.8. The molecule has 0 aliphatic rings. The van der Waals surface area contributed by atoms with Gasteiger partial charge in [0.15, 0.2) is 6.10 Å². The molecule has 452 valence electrons. The smallest absolute Gasteiger partial charge is 0.306 e. The van der Waals surface area contributed by atoms with Gasteiger partial charge in [-0.25, -0.2) is 0 Å². The quantitative estimate of drug-likeness (QED) is 0.0261. The normalized spacial score (nSPS) is 12.5. The molecular formula is C72H128O6. The molecule has 0 saturated carbocycles. The van der Waals surface area contributed by atoms with Crippen LogP contribution in [0.25, 0.3) is 0 Å². The summed E-state index contributed by atoms with van der Waals surface area (Å²) in [6, 6.07) is 0. The minimum absolute atomic E-state index is 0.0811. The third-order valence-corrected chi connectivity index (χ3v) is 14.9. The number of rotatable bonds is 62. The number of esters is 3. The lowest BCUT2D eigenvalue weighted by Gasteiger charge is -2.18. The molecule has 0 aromatic carbocycles. The number of unbranched alkanes of at least 4 members (excludes halogenated alkanes) is 39. The Bertz CT molecular complexity index is 1440. The molecule has 0 rings (SSSR count). The highest BCUT2D eigenvalue weighted by Gasteiger charge is 2.19. The molecule has 0 bridgehead atoms. The molecule has 1 atom stereocenters. The summed E-state index contributed by atoms with van der Waals surface area (Å²) in [5, 5.41) is 0. The molecule has 0 aliphatic carbocycles. The van der Waals surface area contributed by atoms with E-state index in [2.05, 4.69) is 93.7 Å². The van der Waals surface area contributed by atoms with Gasteiger partial charge < -0.3 is 14.2 Å². The van der Waals surface area contributed by atoms with E-state index in [1.807, 2.05) is 0 Å². The van der Waals surface area contributed by atoms with Crippen LogP contribution in [0.1, 0.15) is 348 Å². The van der Waals surface area contributed by atoms with Gasteiger partial charge >= 0.3 is 17.9 Å². The minimum atomic E-state index is -0.785. The van der Waals surface area contributed by atoms with E-state index < -0.39 is 6.10 Å². The van der Waals surface area contributed by atoms with E-state index in [9.17, 15) is 14.4 Å². The van der Waals surface area contributed by atoms with Crippen molar-refractivity contribution in [2.45, 2.75) is 354 Å². The van der Waals surface area contributed by atoms with Crippen LogP contribution in [-0.2, 0) is 28.6 Å². The fraction of sp³-hybridized carbons (Fsp3) is 0.792. The predicted octanol–water partition coefficient (Wildman–Crippen LogP) is 23.3. The molecule has 0 saturated heterocycles. The van der Waals surface area contributed by atoms with Crippen molar-refractivity contribution < 1.29 is 28.6 Å². The van der Waals surface area contributed by atoms with E-state index in [4.69, 9.17) is 14.2 Å². The zero-order valence-electron chi connectivity index (χ0n) is 51.9. The summed E-state index contributed by atoms with van der Waals surface area (Å²) in [4.78, 5) is 38.2. The minimum Gasteiger partial charge on any atom is -0.462 e. The van der Waals surface area contributed by atoms with Gasteiger partial charge in [0.25, 0.3) is 0 Å². The number of hydrogen-bond donors (Lipinski definition) is 0. The van der Waals surface area contributed by atoms with Crippen molar-refractivity contribution in [2.24, 2.45) is 0 Å². The molecule has 6 nitrogen and oxygen atoms in total. The molecule has 0 N–H and O–H groups in total. The molecule has 0 fully saturated rings. The molecule has 0 radical (unpaired) electrons. The molecule has 0 heterocycles. The summed E-state index contributed by atoms with van der Waals surface area (Å²) >= 11 is 0. The topological polar surface area (TPSA) is 78.9 Å². The summed E-state index contributed by atoms with van der Waals surface area (Å²) in [5.41, 5.74) is 0. The fourth-order valence-electron chi connectivity index (χ4n) is 9.88. The van der Waals surface area contributed by atoms with Crippen molar-refractivity contribution in [1.29, 1.82) is 0 Å². The summed E-state index contributed by atoms with van der Waals surface area (Å²) in [5.74, 6) is -0.890. The summed E-state index contributed by atoms with van der Waals surface area (Å²) < 4.78 is 16.9. The molecule has 0 spiro atoms. The average Bonchev–Trinajstić information content (AvgIpc) is 3.44. The Morgan fingerprint density at radius 3 is 0.782 bits per heavy atom. The molecule has 0 amide bonds. The highest BCUT2D eigenvalue weighted by atomic mass is 16.6. The maximum Gasteiger partial charge on any atom is 0.306 e. The monoisotopic (exact) mass is 1090 g/mol. The van der Waals surface area contributed by atoms with E-state index in [0.717, 1.165) is 103 Å². The molecule has 78 heavy (non-hydrogen) atoms. The van der Waals surface area contributed by atoms with Gasteiger partial charge in [-0.1, -0.05) is 312 Å². The number of carbonyl (C=O) groups is 3. The molecule has 0 aliphatic heterocycles. The zero-order chi connectivity index (χ0) is 56.4. The van der Waals surface area contributed by atoms with E-state index in [-0.39, 0.29) is 31.1 Å². The first-order valence-corrected chi connectivity index (χ1v) is 33.9. The van der Waals surface area contributed by atoms with Gasteiger partial charge in [0.05, 0.1) is 0 Å². The van der Waals surface area contributed by atoms with Gasteiger partial charge in [0, 0.05) is 19.3 Å². The van der Waals surface area contributed by atoms with Crippen LogP contribution in [0.2, 0.25) is 0 Å². The van der Waals surface area contributed by atoms with Crippen LogP contribution >= 0.6 is 0 Å². The summed E-state index contributed by atoms with van der Waals surface area (Å²) in [6.07, 6.45) is 86.6. The van der Waals surface area contributed by atoms with Crippen LogP contribution in [0, 0.1) is 0 Å². The Labute approximate surface area is 484 Å². The number of ether oxygens (including phenoxy) is 3. The summed E-state index contributed by atoms with van der Waals surface area (Å²) in [7, 11) is 0. The molecule has 6 heteroatoms. The van der Waals surface area contributed by atoms with Gasteiger partial charge in [0.1, 0.15) is 13.2 Å². The SMILES string of the molecule is CC/C=C\C/C=C\C/C=C\C/C=C\CCCCCCC(=O)OC(COC(=O)CCCCCCCCCCCC)COC(=O)CCCCCCCCCCCCCCCCCCCCCCC/C=C\C/C=C\CCCCCCC. The number of allylic oxidation sites excluding steroid dienone is 12. The third-order valence-electron chi connectivity index (χ3n) is 14.9. The van der Waals surface area contributed by atoms with Gasteiger partial charge in [-0.05, 0) is 89.9 Å². The second-order valence-electron chi connectivity index (χ2n) is 22.7. The van der Waals surface area contributed by atoms with E-state index >= 15 is 0 Å². The molecule has 1 unspecified atom stereocenters. The van der Waals surface area contributed by atoms with Crippen LogP contribution in [0.5, 0.6) is 0 Å². The van der Waals surface area contributed by atoms with E-state index in [1.54, 1.807) is 0 Å². The van der Waals surface area contributed by atoms with E-state index in [1.165, 1.54) is 205 Å². The van der Waals surface area contributed by atoms with Crippen molar-refractivity contribution in [3.8, 4) is 0 Å². The summed E-state index contributed by atoms with van der Waals surface area (Å²) in [6.45, 7) is 6.52. The zero-order valence-corrected chi connectivity index (χ0v) is 51.9. The predicted molar refractivity (Wildman–Crippen MR) is 339 cm³/mol. The van der Waals surface area contributed by atoms with Gasteiger partial charge in [-0.3, -0.25) is 14.4 Å². The largest absolute Gasteiger partial charge is 0.462 e. The van der Waals surface area contributed by atoms with Gasteiger partial charge in [0.2, 0.25) is 0 Å². The lowest BCUT2D eigenvalue weighted by molar-refractivity contribution is -0.167. The number of carbonyl (C=O) groups excluding carboxylic acids is 3. The Balaban J connectivity index is 4.09. The first-order valence-electron chi connectivity index (χ1n) is 33.9. The Morgan fingerprint density at radius 2 is 0.500 bits per heavy atom. The fourth-order valence-corrected chi connectivity index (χ4v) is 9.88. The first-order chi connectivity index (χ1) is 38.5. The van der Waals surface area contributed by atoms with Gasteiger partial charge in [-0.2, -0.15) is 0 Å². The lowest BCUT2D eigenvalue weighted by atomic mass is 10.0. The second kappa shape index (κ2) is 66.4. The Kier molecular flexibility index (Phi) is 63.7. The average molecular weight is 1090 g/mol. The van der Waals surface area contributed by atoms with Crippen LogP contribution in [0.4, 0.5) is 0 Å². The van der Waals surface area contributed by atoms with Crippen LogP contribution in [-0.4, -0.2) is 37.2 Å². The lowest BCUT2D eigenvalue weighted by Crippen LogP contribution is -2.30. The van der Waals surface area contributed by atoms with Crippen molar-refractivity contribution >= 4 is 17.9 Å².